The van der Waals surface area contributed by atoms with Crippen LogP contribution in [0.15, 0.2) is 11.5 Å². The SMILES string of the molecule is C1=C[C@@H]2CC[C@@H]2S1. The summed E-state index contributed by atoms with van der Waals surface area (Å²) in [7, 11) is 0. The van der Waals surface area contributed by atoms with Crippen molar-refractivity contribution in [3.05, 3.63) is 11.5 Å². The van der Waals surface area contributed by atoms with Crippen LogP contribution < -0.4 is 0 Å². The Kier molecular flexibility index (Phi) is 0.736. The molecule has 2 aliphatic rings. The first kappa shape index (κ1) is 4.02. The summed E-state index contributed by atoms with van der Waals surface area (Å²) >= 11 is 2.01. The molecule has 0 N–H and O–H groups in total. The van der Waals surface area contributed by atoms with E-state index >= 15 is 0 Å². The lowest BCUT2D eigenvalue weighted by molar-refractivity contribution is 0.412. The molecule has 0 aromatic carbocycles. The van der Waals surface area contributed by atoms with Crippen molar-refractivity contribution in [1.29, 1.82) is 0 Å². The van der Waals surface area contributed by atoms with Gasteiger partial charge in [-0.2, -0.15) is 0 Å². The first-order chi connectivity index (χ1) is 3.47. The first-order valence-corrected chi connectivity index (χ1v) is 3.73. The van der Waals surface area contributed by atoms with Gasteiger partial charge < -0.3 is 0 Å². The second-order valence-corrected chi connectivity index (χ2v) is 3.39. The van der Waals surface area contributed by atoms with E-state index in [0.29, 0.717) is 0 Å². The third-order valence-electron chi connectivity index (χ3n) is 1.84. The van der Waals surface area contributed by atoms with Gasteiger partial charge in [0.25, 0.3) is 0 Å². The van der Waals surface area contributed by atoms with Gasteiger partial charge in [-0.25, -0.2) is 0 Å². The van der Waals surface area contributed by atoms with Crippen molar-refractivity contribution in [2.45, 2.75) is 18.1 Å². The van der Waals surface area contributed by atoms with Crippen molar-refractivity contribution in [2.24, 2.45) is 5.92 Å². The Bertz CT molecular complexity index is 107. The fourth-order valence-corrected chi connectivity index (χ4v) is 2.33. The maximum absolute atomic E-state index is 2.35. The normalized spacial score (nSPS) is 45.7. The molecule has 0 amide bonds. The Morgan fingerprint density at radius 3 is 2.71 bits per heavy atom. The van der Waals surface area contributed by atoms with E-state index in [2.05, 4.69) is 11.5 Å². The molecule has 1 aliphatic heterocycles. The van der Waals surface area contributed by atoms with Gasteiger partial charge in [-0.1, -0.05) is 6.08 Å². The molecule has 0 nitrogen and oxygen atoms in total. The zero-order valence-corrected chi connectivity index (χ0v) is 4.95. The topological polar surface area (TPSA) is 0 Å². The summed E-state index contributed by atoms with van der Waals surface area (Å²) in [5.74, 6) is 0.977. The smallest absolute Gasteiger partial charge is 0.0152 e. The molecule has 0 aromatic rings. The van der Waals surface area contributed by atoms with Gasteiger partial charge in [-0.3, -0.25) is 0 Å². The first-order valence-electron chi connectivity index (χ1n) is 2.79. The van der Waals surface area contributed by atoms with E-state index in [-0.39, 0.29) is 0 Å². The highest BCUT2D eigenvalue weighted by molar-refractivity contribution is 8.03. The number of rotatable bonds is 0. The van der Waals surface area contributed by atoms with Gasteiger partial charge in [-0.05, 0) is 24.2 Å². The predicted octanol–water partition coefficient (Wildman–Crippen LogP) is 2.03. The van der Waals surface area contributed by atoms with Crippen molar-refractivity contribution >= 4 is 11.8 Å². The second kappa shape index (κ2) is 1.28. The number of thioether (sulfide) groups is 1. The van der Waals surface area contributed by atoms with Crippen LogP contribution >= 0.6 is 11.8 Å². The molecular weight excluding hydrogens is 104 g/mol. The van der Waals surface area contributed by atoms with E-state index in [1.165, 1.54) is 12.8 Å². The molecular formula is C6H8S. The summed E-state index contributed by atoms with van der Waals surface area (Å²) in [4.78, 5) is 0. The number of allylic oxidation sites excluding steroid dienone is 1. The Balaban J connectivity index is 2.14. The van der Waals surface area contributed by atoms with Crippen molar-refractivity contribution in [3.8, 4) is 0 Å². The minimum absolute atomic E-state index is 0.977. The maximum atomic E-state index is 2.35. The van der Waals surface area contributed by atoms with Crippen LogP contribution in [0, 0.1) is 5.92 Å². The average molecular weight is 112 g/mol. The monoisotopic (exact) mass is 112 g/mol. The van der Waals surface area contributed by atoms with E-state index in [4.69, 9.17) is 0 Å². The summed E-state index contributed by atoms with van der Waals surface area (Å²) < 4.78 is 0. The van der Waals surface area contributed by atoms with Gasteiger partial charge in [0, 0.05) is 5.25 Å². The summed E-state index contributed by atoms with van der Waals surface area (Å²) in [5, 5.41) is 3.25. The fraction of sp³-hybridized carbons (Fsp3) is 0.667. The number of hydrogen-bond donors (Lipinski definition) is 0. The van der Waals surface area contributed by atoms with Gasteiger partial charge in [-0.15, -0.1) is 11.8 Å². The Labute approximate surface area is 48.0 Å². The zero-order chi connectivity index (χ0) is 4.69. The second-order valence-electron chi connectivity index (χ2n) is 2.24. The molecule has 1 fully saturated rings. The fourth-order valence-electron chi connectivity index (χ4n) is 1.13. The summed E-state index contributed by atoms with van der Waals surface area (Å²) in [5.41, 5.74) is 0. The van der Waals surface area contributed by atoms with Gasteiger partial charge in [0.15, 0.2) is 0 Å². The van der Waals surface area contributed by atoms with Gasteiger partial charge in [0.2, 0.25) is 0 Å². The largest absolute Gasteiger partial charge is 0.130 e. The van der Waals surface area contributed by atoms with E-state index in [0.717, 1.165) is 11.2 Å². The van der Waals surface area contributed by atoms with Crippen LogP contribution in [0.4, 0.5) is 0 Å². The lowest BCUT2D eigenvalue weighted by atomic mass is 9.85. The van der Waals surface area contributed by atoms with E-state index in [9.17, 15) is 0 Å². The molecule has 1 aliphatic carbocycles. The zero-order valence-electron chi connectivity index (χ0n) is 4.13. The van der Waals surface area contributed by atoms with Gasteiger partial charge in [0.05, 0.1) is 0 Å². The van der Waals surface area contributed by atoms with E-state index in [1.807, 2.05) is 11.8 Å². The van der Waals surface area contributed by atoms with Crippen LogP contribution in [0.2, 0.25) is 0 Å². The van der Waals surface area contributed by atoms with Crippen LogP contribution in [0.25, 0.3) is 0 Å². The molecule has 1 saturated carbocycles. The van der Waals surface area contributed by atoms with E-state index < -0.39 is 0 Å². The molecule has 0 unspecified atom stereocenters. The van der Waals surface area contributed by atoms with Crippen molar-refractivity contribution in [2.75, 3.05) is 0 Å². The van der Waals surface area contributed by atoms with Crippen LogP contribution in [0.5, 0.6) is 0 Å². The van der Waals surface area contributed by atoms with Crippen LogP contribution in [-0.4, -0.2) is 5.25 Å². The Morgan fingerprint density at radius 1 is 1.43 bits per heavy atom. The van der Waals surface area contributed by atoms with Crippen LogP contribution in [0.3, 0.4) is 0 Å². The molecule has 2 atom stereocenters. The lowest BCUT2D eigenvalue weighted by Crippen LogP contribution is -2.22. The molecule has 0 spiro atoms. The van der Waals surface area contributed by atoms with Crippen molar-refractivity contribution in [3.63, 3.8) is 0 Å². The number of fused-ring (bicyclic) bond motifs is 1. The van der Waals surface area contributed by atoms with Crippen molar-refractivity contribution in [1.82, 2.24) is 0 Å². The van der Waals surface area contributed by atoms with Crippen LogP contribution in [0.1, 0.15) is 12.8 Å². The van der Waals surface area contributed by atoms with Crippen LogP contribution in [-0.2, 0) is 0 Å². The highest BCUT2D eigenvalue weighted by Gasteiger charge is 2.31. The quantitative estimate of drug-likeness (QED) is 0.462. The average Bonchev–Trinajstić information content (AvgIpc) is 1.85. The summed E-state index contributed by atoms with van der Waals surface area (Å²) in [6, 6.07) is 0. The van der Waals surface area contributed by atoms with Crippen molar-refractivity contribution < 1.29 is 0 Å². The highest BCUT2D eigenvalue weighted by atomic mass is 32.2. The highest BCUT2D eigenvalue weighted by Crippen LogP contribution is 2.43. The minimum atomic E-state index is 0.977. The third kappa shape index (κ3) is 0.447. The maximum Gasteiger partial charge on any atom is 0.0152 e. The molecule has 1 heterocycles. The molecule has 0 aromatic heterocycles. The van der Waals surface area contributed by atoms with E-state index in [1.54, 1.807) is 0 Å². The molecule has 7 heavy (non-hydrogen) atoms. The molecule has 1 heteroatoms. The standard InChI is InChI=1S/C6H8S/c1-2-6-5(1)3-4-7-6/h3-6H,1-2H2/t5-,6-/m0/s1. The summed E-state index contributed by atoms with van der Waals surface area (Å²) in [6.45, 7) is 0. The third-order valence-corrected chi connectivity index (χ3v) is 3.09. The molecule has 38 valence electrons. The van der Waals surface area contributed by atoms with Gasteiger partial charge >= 0.3 is 0 Å². The molecule has 0 saturated heterocycles. The summed E-state index contributed by atoms with van der Waals surface area (Å²) in [6.07, 6.45) is 5.26. The predicted molar refractivity (Wildman–Crippen MR) is 33.2 cm³/mol. The number of hydrogen-bond acceptors (Lipinski definition) is 1. The Hall–Kier alpha value is 0.0900. The molecule has 0 radical (unpaired) electrons. The van der Waals surface area contributed by atoms with Gasteiger partial charge in [0.1, 0.15) is 0 Å². The molecule has 0 bridgehead atoms. The lowest BCUT2D eigenvalue weighted by Gasteiger charge is -2.27. The minimum Gasteiger partial charge on any atom is -0.130 e. The molecule has 2 rings (SSSR count). The Morgan fingerprint density at radius 2 is 2.43 bits per heavy atom.